The molecule has 3 rings (SSSR count). The fourth-order valence-corrected chi connectivity index (χ4v) is 4.18. The minimum Gasteiger partial charge on any atom is -0.309 e. The molecule has 0 spiro atoms. The lowest BCUT2D eigenvalue weighted by Crippen LogP contribution is -2.51. The molecule has 1 saturated heterocycles. The first-order valence-corrected chi connectivity index (χ1v) is 10.3. The summed E-state index contributed by atoms with van der Waals surface area (Å²) in [5.74, 6) is -0.489. The van der Waals surface area contributed by atoms with Gasteiger partial charge in [-0.3, -0.25) is 24.6 Å². The normalized spacial score (nSPS) is 20.5. The number of nitrogens with one attached hydrogen (secondary N) is 2. The van der Waals surface area contributed by atoms with Gasteiger partial charge < -0.3 is 5.32 Å². The molecule has 2 fully saturated rings. The Morgan fingerprint density at radius 3 is 2.79 bits per heavy atom. The molecular weight excluding hydrogens is 398 g/mol. The Morgan fingerprint density at radius 1 is 1.38 bits per heavy atom. The van der Waals surface area contributed by atoms with Gasteiger partial charge in [-0.25, -0.2) is 15.5 Å². The van der Waals surface area contributed by atoms with E-state index in [1.807, 2.05) is 0 Å². The number of hydroxylamine groups is 2. The number of carbonyl (C=O) groups excluding carboxylic acids is 3. The zero-order valence-corrected chi connectivity index (χ0v) is 16.8. The highest BCUT2D eigenvalue weighted by Gasteiger charge is 2.39. The van der Waals surface area contributed by atoms with Gasteiger partial charge in [-0.2, -0.15) is 0 Å². The van der Waals surface area contributed by atoms with Crippen molar-refractivity contribution in [2.75, 3.05) is 18.4 Å². The number of carbonyl (C=O) groups is 3. The Kier molecular flexibility index (Phi) is 7.40. The monoisotopic (exact) mass is 423 g/mol. The molecule has 2 heterocycles. The topological polar surface area (TPSA) is 115 Å². The molecule has 10 heteroatoms. The van der Waals surface area contributed by atoms with E-state index in [-0.39, 0.29) is 18.4 Å². The summed E-state index contributed by atoms with van der Waals surface area (Å²) in [7, 11) is 0. The molecule has 0 radical (unpaired) electrons. The number of amides is 3. The Hall–Kier alpha value is -2.23. The molecule has 0 unspecified atom stereocenters. The maximum absolute atomic E-state index is 13.2. The van der Waals surface area contributed by atoms with E-state index in [0.717, 1.165) is 25.7 Å². The number of rotatable bonds is 8. The van der Waals surface area contributed by atoms with Crippen molar-refractivity contribution in [1.29, 1.82) is 0 Å². The van der Waals surface area contributed by atoms with E-state index < -0.39 is 12.0 Å². The van der Waals surface area contributed by atoms with Crippen LogP contribution in [0.1, 0.15) is 38.5 Å². The van der Waals surface area contributed by atoms with Crippen molar-refractivity contribution in [2.24, 2.45) is 11.8 Å². The van der Waals surface area contributed by atoms with Crippen LogP contribution in [-0.2, 0) is 14.4 Å². The van der Waals surface area contributed by atoms with Gasteiger partial charge in [-0.05, 0) is 30.9 Å². The van der Waals surface area contributed by atoms with E-state index >= 15 is 0 Å². The number of anilines is 1. The molecule has 1 aromatic heterocycles. The molecule has 2 aliphatic rings. The Bertz CT molecular complexity index is 726. The quantitative estimate of drug-likeness (QED) is 0.334. The van der Waals surface area contributed by atoms with Crippen LogP contribution < -0.4 is 10.7 Å². The SMILES string of the molecule is O=CN(O)C[C@@H](CC1CCCC1)C(=O)N1NCC[C@H]1C(=O)Nc1ccc(Cl)cn1. The van der Waals surface area contributed by atoms with E-state index in [9.17, 15) is 19.6 Å². The molecular formula is C19H26ClN5O4. The summed E-state index contributed by atoms with van der Waals surface area (Å²) in [4.78, 5) is 40.8. The lowest BCUT2D eigenvalue weighted by molar-refractivity contribution is -0.159. The van der Waals surface area contributed by atoms with Gasteiger partial charge in [-0.15, -0.1) is 0 Å². The van der Waals surface area contributed by atoms with Crippen molar-refractivity contribution >= 4 is 35.6 Å². The van der Waals surface area contributed by atoms with Gasteiger partial charge in [0, 0.05) is 12.7 Å². The average molecular weight is 424 g/mol. The van der Waals surface area contributed by atoms with Crippen LogP contribution in [0.3, 0.4) is 0 Å². The number of aromatic nitrogens is 1. The Balaban J connectivity index is 1.68. The molecule has 0 bridgehead atoms. The van der Waals surface area contributed by atoms with Crippen molar-refractivity contribution in [2.45, 2.75) is 44.6 Å². The molecule has 9 nitrogen and oxygen atoms in total. The largest absolute Gasteiger partial charge is 0.309 e. The number of nitrogens with zero attached hydrogens (tertiary/aromatic N) is 3. The Morgan fingerprint density at radius 2 is 2.14 bits per heavy atom. The molecule has 1 saturated carbocycles. The van der Waals surface area contributed by atoms with Crippen LogP contribution in [0.25, 0.3) is 0 Å². The summed E-state index contributed by atoms with van der Waals surface area (Å²) in [5, 5.41) is 14.7. The zero-order valence-electron chi connectivity index (χ0n) is 16.1. The zero-order chi connectivity index (χ0) is 20.8. The van der Waals surface area contributed by atoms with Gasteiger partial charge in [0.15, 0.2) is 0 Å². The van der Waals surface area contributed by atoms with Crippen LogP contribution in [0, 0.1) is 11.8 Å². The van der Waals surface area contributed by atoms with Crippen LogP contribution in [-0.4, -0.2) is 57.6 Å². The molecule has 158 valence electrons. The van der Waals surface area contributed by atoms with Gasteiger partial charge in [0.05, 0.1) is 17.5 Å². The lowest BCUT2D eigenvalue weighted by Gasteiger charge is -2.29. The third-order valence-electron chi connectivity index (χ3n) is 5.50. The Labute approximate surface area is 174 Å². The van der Waals surface area contributed by atoms with Crippen LogP contribution in [0.4, 0.5) is 5.82 Å². The van der Waals surface area contributed by atoms with E-state index in [1.165, 1.54) is 11.2 Å². The molecule has 1 aromatic rings. The first-order chi connectivity index (χ1) is 14.0. The van der Waals surface area contributed by atoms with Crippen molar-refractivity contribution in [3.63, 3.8) is 0 Å². The fourth-order valence-electron chi connectivity index (χ4n) is 4.07. The van der Waals surface area contributed by atoms with Crippen molar-refractivity contribution in [1.82, 2.24) is 20.5 Å². The summed E-state index contributed by atoms with van der Waals surface area (Å²) in [6.07, 6.45) is 7.09. The van der Waals surface area contributed by atoms with Gasteiger partial charge >= 0.3 is 0 Å². The second-order valence-electron chi connectivity index (χ2n) is 7.58. The average Bonchev–Trinajstić information content (AvgIpc) is 3.40. The maximum Gasteiger partial charge on any atom is 0.250 e. The number of hydrazine groups is 1. The predicted octanol–water partition coefficient (Wildman–Crippen LogP) is 1.82. The van der Waals surface area contributed by atoms with Gasteiger partial charge in [-0.1, -0.05) is 37.3 Å². The van der Waals surface area contributed by atoms with Gasteiger partial charge in [0.25, 0.3) is 0 Å². The van der Waals surface area contributed by atoms with Crippen molar-refractivity contribution in [3.05, 3.63) is 23.4 Å². The number of halogens is 1. The number of hydrogen-bond acceptors (Lipinski definition) is 6. The van der Waals surface area contributed by atoms with Gasteiger partial charge in [0.2, 0.25) is 18.2 Å². The third kappa shape index (κ3) is 5.65. The molecule has 1 aliphatic carbocycles. The third-order valence-corrected chi connectivity index (χ3v) is 5.72. The molecule has 2 atom stereocenters. The highest BCUT2D eigenvalue weighted by atomic mass is 35.5. The standard InChI is InChI=1S/C19H26ClN5O4/c20-15-5-6-17(21-10-15)23-18(27)16-7-8-22-25(16)19(28)14(11-24(29)12-26)9-13-3-1-2-4-13/h5-6,10,12-14,16,22,29H,1-4,7-9,11H2,(H,21,23,27)/t14-,16+/m1/s1. The number of hydrogen-bond donors (Lipinski definition) is 3. The summed E-state index contributed by atoms with van der Waals surface area (Å²) < 4.78 is 0. The fraction of sp³-hybridized carbons (Fsp3) is 0.579. The van der Waals surface area contributed by atoms with E-state index in [2.05, 4.69) is 15.7 Å². The first kappa shape index (κ1) is 21.5. The lowest BCUT2D eigenvalue weighted by atomic mass is 9.92. The maximum atomic E-state index is 13.2. The molecule has 0 aromatic carbocycles. The van der Waals surface area contributed by atoms with Crippen LogP contribution in [0.5, 0.6) is 0 Å². The highest BCUT2D eigenvalue weighted by molar-refractivity contribution is 6.30. The van der Waals surface area contributed by atoms with Gasteiger partial charge in [0.1, 0.15) is 11.9 Å². The smallest absolute Gasteiger partial charge is 0.250 e. The van der Waals surface area contributed by atoms with Crippen LogP contribution >= 0.6 is 11.6 Å². The first-order valence-electron chi connectivity index (χ1n) is 9.87. The van der Waals surface area contributed by atoms with Crippen LogP contribution in [0.2, 0.25) is 5.02 Å². The highest BCUT2D eigenvalue weighted by Crippen LogP contribution is 2.31. The molecule has 1 aliphatic heterocycles. The summed E-state index contributed by atoms with van der Waals surface area (Å²) >= 11 is 5.81. The second kappa shape index (κ2) is 10.00. The summed E-state index contributed by atoms with van der Waals surface area (Å²) in [6, 6.07) is 2.51. The minimum atomic E-state index is -0.700. The molecule has 29 heavy (non-hydrogen) atoms. The summed E-state index contributed by atoms with van der Waals surface area (Å²) in [6.45, 7) is 0.384. The predicted molar refractivity (Wildman–Crippen MR) is 106 cm³/mol. The minimum absolute atomic E-state index is 0.0932. The van der Waals surface area contributed by atoms with E-state index in [0.29, 0.717) is 47.6 Å². The van der Waals surface area contributed by atoms with E-state index in [1.54, 1.807) is 12.1 Å². The second-order valence-corrected chi connectivity index (χ2v) is 8.02. The van der Waals surface area contributed by atoms with E-state index in [4.69, 9.17) is 11.6 Å². The van der Waals surface area contributed by atoms with Crippen molar-refractivity contribution in [3.8, 4) is 0 Å². The number of pyridine rings is 1. The summed E-state index contributed by atoms with van der Waals surface area (Å²) in [5.41, 5.74) is 2.97. The van der Waals surface area contributed by atoms with Crippen molar-refractivity contribution < 1.29 is 19.6 Å². The molecule has 3 N–H and O–H groups in total. The van der Waals surface area contributed by atoms with Crippen LogP contribution in [0.15, 0.2) is 18.3 Å². The molecule has 3 amide bonds.